The molecule has 0 aliphatic rings. The van der Waals surface area contributed by atoms with Gasteiger partial charge in [0.1, 0.15) is 36.9 Å². The van der Waals surface area contributed by atoms with E-state index < -0.39 is 12.2 Å². The fourth-order valence-corrected chi connectivity index (χ4v) is 4.85. The minimum atomic E-state index is -0.763. The summed E-state index contributed by atoms with van der Waals surface area (Å²) in [4.78, 5) is 0. The quantitative estimate of drug-likeness (QED) is 0.190. The number of halogens is 3. The molecule has 2 aromatic carbocycles. The minimum absolute atomic E-state index is 0.113. The molecule has 2 atom stereocenters. The van der Waals surface area contributed by atoms with E-state index in [-0.39, 0.29) is 37.7 Å². The number of aliphatic hydroxyl groups excluding tert-OH is 3. The molecule has 3 rings (SSSR count). The highest BCUT2D eigenvalue weighted by Gasteiger charge is 2.24. The zero-order valence-electron chi connectivity index (χ0n) is 19.5. The summed E-state index contributed by atoms with van der Waals surface area (Å²) in [5.74, 6) is 1.51. The molecule has 0 amide bonds. The van der Waals surface area contributed by atoms with E-state index in [9.17, 15) is 15.3 Å². The van der Waals surface area contributed by atoms with Crippen LogP contribution in [0.5, 0.6) is 11.5 Å². The van der Waals surface area contributed by atoms with Crippen LogP contribution in [-0.2, 0) is 18.6 Å². The molecule has 0 unspecified atom stereocenters. The molecule has 0 radical (unpaired) electrons. The number of benzene rings is 2. The van der Waals surface area contributed by atoms with Gasteiger partial charge in [-0.15, -0.1) is 11.6 Å². The molecule has 0 fully saturated rings. The lowest BCUT2D eigenvalue weighted by Crippen LogP contribution is -2.25. The lowest BCUT2D eigenvalue weighted by atomic mass is 9.78. The molecule has 0 bridgehead atoms. The predicted octanol–water partition coefficient (Wildman–Crippen LogP) is 4.33. The van der Waals surface area contributed by atoms with Crippen molar-refractivity contribution in [2.45, 2.75) is 44.6 Å². The van der Waals surface area contributed by atoms with Crippen molar-refractivity contribution in [2.24, 2.45) is 0 Å². The van der Waals surface area contributed by atoms with Crippen LogP contribution in [0.3, 0.4) is 0 Å². The lowest BCUT2D eigenvalue weighted by Gasteiger charge is -2.27. The van der Waals surface area contributed by atoms with Gasteiger partial charge in [-0.2, -0.15) is 5.10 Å². The number of aromatic nitrogens is 2. The second-order valence-corrected chi connectivity index (χ2v) is 11.3. The number of hydrogen-bond acceptors (Lipinski definition) is 6. The number of ether oxygens (including phenoxy) is 2. The van der Waals surface area contributed by atoms with Crippen molar-refractivity contribution in [1.29, 1.82) is 0 Å². The third-order valence-electron chi connectivity index (χ3n) is 5.71. The Balaban J connectivity index is 1.61. The molecule has 7 nitrogen and oxygen atoms in total. The lowest BCUT2D eigenvalue weighted by molar-refractivity contribution is 0.0871. The number of nitrogens with zero attached hydrogens (tertiary/aromatic N) is 2. The first kappa shape index (κ1) is 28.5. The monoisotopic (exact) mass is 726 g/mol. The summed E-state index contributed by atoms with van der Waals surface area (Å²) >= 11 is 9.98. The molecule has 10 heteroatoms. The Morgan fingerprint density at radius 1 is 0.971 bits per heavy atom. The highest BCUT2D eigenvalue weighted by atomic mass is 127. The third-order valence-corrected chi connectivity index (χ3v) is 7.81. The van der Waals surface area contributed by atoms with Crippen molar-refractivity contribution in [1.82, 2.24) is 9.78 Å². The maximum Gasteiger partial charge on any atom is 0.132 e. The Morgan fingerprint density at radius 3 is 2.26 bits per heavy atom. The van der Waals surface area contributed by atoms with Gasteiger partial charge in [0.25, 0.3) is 0 Å². The van der Waals surface area contributed by atoms with Crippen LogP contribution in [-0.4, -0.2) is 56.4 Å². The van der Waals surface area contributed by atoms with Crippen LogP contribution in [0.4, 0.5) is 0 Å². The van der Waals surface area contributed by atoms with E-state index in [1.54, 1.807) is 10.9 Å². The van der Waals surface area contributed by atoms with E-state index in [0.717, 1.165) is 18.3 Å². The van der Waals surface area contributed by atoms with Crippen molar-refractivity contribution in [3.05, 3.63) is 72.6 Å². The zero-order chi connectivity index (χ0) is 25.6. The Bertz CT molecular complexity index is 1110. The molecule has 3 aromatic rings. The molecule has 1 heterocycles. The summed E-state index contributed by atoms with van der Waals surface area (Å²) in [7, 11) is 0. The van der Waals surface area contributed by atoms with Crippen molar-refractivity contribution >= 4 is 56.8 Å². The van der Waals surface area contributed by atoms with Gasteiger partial charge in [-0.3, -0.25) is 4.68 Å². The molecule has 0 aliphatic heterocycles. The SMILES string of the molecule is CC(C)(c1ccc(OC[C@H](O)Cn2ncc(I)c2CO)cc1)c1ccc(OC[C@@H](O)CCl)c(I)c1. The smallest absolute Gasteiger partial charge is 0.132 e. The zero-order valence-corrected chi connectivity index (χ0v) is 24.6. The Labute approximate surface area is 237 Å². The van der Waals surface area contributed by atoms with E-state index >= 15 is 0 Å². The fraction of sp³-hybridized carbons (Fsp3) is 0.400. The van der Waals surface area contributed by atoms with Gasteiger partial charge in [-0.25, -0.2) is 0 Å². The summed E-state index contributed by atoms with van der Waals surface area (Å²) in [5.41, 5.74) is 2.67. The molecule has 35 heavy (non-hydrogen) atoms. The van der Waals surface area contributed by atoms with Gasteiger partial charge in [0.2, 0.25) is 0 Å². The fourth-order valence-electron chi connectivity index (χ4n) is 3.52. The molecule has 0 spiro atoms. The van der Waals surface area contributed by atoms with Gasteiger partial charge in [0.05, 0.1) is 38.1 Å². The average molecular weight is 727 g/mol. The second-order valence-electron chi connectivity index (χ2n) is 8.66. The summed E-state index contributed by atoms with van der Waals surface area (Å²) in [5, 5.41) is 33.6. The maximum atomic E-state index is 10.4. The predicted molar refractivity (Wildman–Crippen MR) is 152 cm³/mol. The topological polar surface area (TPSA) is 97.0 Å². The van der Waals surface area contributed by atoms with Gasteiger partial charge >= 0.3 is 0 Å². The second kappa shape index (κ2) is 12.9. The van der Waals surface area contributed by atoms with Crippen molar-refractivity contribution in [3.63, 3.8) is 0 Å². The Hall–Kier alpha value is -1.12. The Kier molecular flexibility index (Phi) is 10.5. The molecule has 0 aliphatic carbocycles. The normalized spacial score (nSPS) is 13.5. The number of alkyl halides is 1. The van der Waals surface area contributed by atoms with Crippen LogP contribution in [0.15, 0.2) is 48.7 Å². The van der Waals surface area contributed by atoms with E-state index in [0.29, 0.717) is 17.2 Å². The summed E-state index contributed by atoms with van der Waals surface area (Å²) < 4.78 is 14.9. The highest BCUT2D eigenvalue weighted by Crippen LogP contribution is 2.35. The first-order chi connectivity index (χ1) is 16.6. The van der Waals surface area contributed by atoms with Crippen LogP contribution in [0.2, 0.25) is 0 Å². The van der Waals surface area contributed by atoms with Crippen molar-refractivity contribution < 1.29 is 24.8 Å². The first-order valence-corrected chi connectivity index (χ1v) is 13.7. The number of aliphatic hydroxyl groups is 3. The van der Waals surface area contributed by atoms with Crippen LogP contribution in [0.25, 0.3) is 0 Å². The molecule has 1 aromatic heterocycles. The maximum absolute atomic E-state index is 10.4. The summed E-state index contributed by atoms with van der Waals surface area (Å²) in [6, 6.07) is 13.9. The van der Waals surface area contributed by atoms with E-state index in [4.69, 9.17) is 21.1 Å². The van der Waals surface area contributed by atoms with Gasteiger partial charge in [0, 0.05) is 5.41 Å². The number of hydrogen-bond donors (Lipinski definition) is 3. The summed E-state index contributed by atoms with van der Waals surface area (Å²) in [6.07, 6.45) is 0.201. The van der Waals surface area contributed by atoms with Gasteiger partial charge in [-0.05, 0) is 80.6 Å². The molecule has 0 saturated heterocycles. The van der Waals surface area contributed by atoms with Crippen LogP contribution in [0, 0.1) is 7.14 Å². The van der Waals surface area contributed by atoms with Crippen LogP contribution >= 0.6 is 56.8 Å². The molecule has 190 valence electrons. The van der Waals surface area contributed by atoms with Crippen LogP contribution in [0.1, 0.15) is 30.7 Å². The third kappa shape index (κ3) is 7.45. The van der Waals surface area contributed by atoms with Crippen molar-refractivity contribution in [2.75, 3.05) is 19.1 Å². The molecule has 0 saturated carbocycles. The standard InChI is InChI=1S/C25H29ClI2N2O5/c1-25(2,17-5-8-24(21(27)9-17)35-14-18(32)10-26)16-3-6-20(7-4-16)34-15-19(33)12-30-23(13-31)22(28)11-29-30/h3-9,11,18-19,31-33H,10,12-15H2,1-2H3/t18-,19+/m0/s1. The van der Waals surface area contributed by atoms with E-state index in [2.05, 4.69) is 70.2 Å². The largest absolute Gasteiger partial charge is 0.491 e. The first-order valence-electron chi connectivity index (χ1n) is 11.0. The van der Waals surface area contributed by atoms with Gasteiger partial charge in [-0.1, -0.05) is 32.0 Å². The molecule has 3 N–H and O–H groups in total. The Morgan fingerprint density at radius 2 is 1.63 bits per heavy atom. The van der Waals surface area contributed by atoms with Gasteiger partial charge in [0.15, 0.2) is 0 Å². The minimum Gasteiger partial charge on any atom is -0.491 e. The summed E-state index contributed by atoms with van der Waals surface area (Å²) in [6.45, 7) is 4.69. The van der Waals surface area contributed by atoms with E-state index in [1.165, 1.54) is 0 Å². The van der Waals surface area contributed by atoms with Crippen molar-refractivity contribution in [3.8, 4) is 11.5 Å². The van der Waals surface area contributed by atoms with Crippen LogP contribution < -0.4 is 9.47 Å². The van der Waals surface area contributed by atoms with Gasteiger partial charge < -0.3 is 24.8 Å². The molecular formula is C25H29ClI2N2O5. The number of rotatable bonds is 12. The average Bonchev–Trinajstić information content (AvgIpc) is 3.20. The highest BCUT2D eigenvalue weighted by molar-refractivity contribution is 14.1. The molecular weight excluding hydrogens is 698 g/mol. The van der Waals surface area contributed by atoms with E-state index in [1.807, 2.05) is 36.4 Å².